The van der Waals surface area contributed by atoms with Crippen LogP contribution < -0.4 is 5.32 Å². The van der Waals surface area contributed by atoms with Crippen molar-refractivity contribution in [2.45, 2.75) is 12.5 Å². The standard InChI is InChI=1S/C15H17N3O2/c1-20-15(19)14(12-5-3-2-4-6-12)10-17-9-13-7-8-16-11-18-13/h2-8,11,14,17H,9-10H2,1H3. The van der Waals surface area contributed by atoms with E-state index in [-0.39, 0.29) is 11.9 Å². The maximum atomic E-state index is 11.9. The van der Waals surface area contributed by atoms with E-state index in [4.69, 9.17) is 4.74 Å². The van der Waals surface area contributed by atoms with Crippen LogP contribution in [-0.2, 0) is 16.1 Å². The summed E-state index contributed by atoms with van der Waals surface area (Å²) >= 11 is 0. The number of rotatable bonds is 6. The van der Waals surface area contributed by atoms with Crippen molar-refractivity contribution >= 4 is 5.97 Å². The fourth-order valence-electron chi connectivity index (χ4n) is 1.93. The van der Waals surface area contributed by atoms with E-state index < -0.39 is 0 Å². The summed E-state index contributed by atoms with van der Waals surface area (Å²) in [6, 6.07) is 11.4. The van der Waals surface area contributed by atoms with Crippen LogP contribution in [0, 0.1) is 0 Å². The summed E-state index contributed by atoms with van der Waals surface area (Å²) in [6.45, 7) is 1.09. The first-order valence-electron chi connectivity index (χ1n) is 6.39. The van der Waals surface area contributed by atoms with Crippen molar-refractivity contribution in [3.63, 3.8) is 0 Å². The maximum absolute atomic E-state index is 11.9. The largest absolute Gasteiger partial charge is 0.469 e. The first kappa shape index (κ1) is 14.1. The summed E-state index contributed by atoms with van der Waals surface area (Å²) in [4.78, 5) is 19.9. The third kappa shape index (κ3) is 3.86. The van der Waals surface area contributed by atoms with Crippen molar-refractivity contribution in [1.29, 1.82) is 0 Å². The minimum absolute atomic E-state index is 0.244. The van der Waals surface area contributed by atoms with Crippen molar-refractivity contribution in [3.8, 4) is 0 Å². The Morgan fingerprint density at radius 1 is 1.30 bits per heavy atom. The molecule has 0 saturated carbocycles. The third-order valence-corrected chi connectivity index (χ3v) is 2.99. The average molecular weight is 271 g/mol. The molecule has 1 N–H and O–H groups in total. The molecule has 2 rings (SSSR count). The van der Waals surface area contributed by atoms with E-state index in [9.17, 15) is 4.79 Å². The lowest BCUT2D eigenvalue weighted by atomic mass is 9.99. The number of ether oxygens (including phenoxy) is 1. The van der Waals surface area contributed by atoms with Crippen LogP contribution in [0.25, 0.3) is 0 Å². The van der Waals surface area contributed by atoms with Crippen LogP contribution in [0.15, 0.2) is 48.9 Å². The second-order valence-corrected chi connectivity index (χ2v) is 4.32. The highest BCUT2D eigenvalue weighted by atomic mass is 16.5. The number of carbonyl (C=O) groups is 1. The molecule has 104 valence electrons. The third-order valence-electron chi connectivity index (χ3n) is 2.99. The van der Waals surface area contributed by atoms with Crippen molar-refractivity contribution in [2.75, 3.05) is 13.7 Å². The summed E-state index contributed by atoms with van der Waals surface area (Å²) in [5.74, 6) is -0.561. The van der Waals surface area contributed by atoms with E-state index in [2.05, 4.69) is 15.3 Å². The van der Waals surface area contributed by atoms with Gasteiger partial charge in [0.1, 0.15) is 6.33 Å². The Balaban J connectivity index is 1.97. The second-order valence-electron chi connectivity index (χ2n) is 4.32. The van der Waals surface area contributed by atoms with Crippen molar-refractivity contribution in [3.05, 3.63) is 60.2 Å². The molecule has 0 spiro atoms. The molecule has 0 fully saturated rings. The quantitative estimate of drug-likeness (QED) is 0.807. The minimum Gasteiger partial charge on any atom is -0.469 e. The van der Waals surface area contributed by atoms with Crippen LogP contribution in [0.2, 0.25) is 0 Å². The Morgan fingerprint density at radius 3 is 2.75 bits per heavy atom. The van der Waals surface area contributed by atoms with Crippen LogP contribution in [0.1, 0.15) is 17.2 Å². The molecule has 0 aliphatic carbocycles. The number of nitrogens with one attached hydrogen (secondary N) is 1. The second kappa shape index (κ2) is 7.35. The molecule has 1 atom stereocenters. The zero-order chi connectivity index (χ0) is 14.2. The Morgan fingerprint density at radius 2 is 2.10 bits per heavy atom. The van der Waals surface area contributed by atoms with Gasteiger partial charge in [-0.2, -0.15) is 0 Å². The van der Waals surface area contributed by atoms with Crippen LogP contribution in [0.4, 0.5) is 0 Å². The van der Waals surface area contributed by atoms with Crippen LogP contribution >= 0.6 is 0 Å². The predicted octanol–water partition coefficient (Wildman–Crippen LogP) is 1.52. The highest BCUT2D eigenvalue weighted by Crippen LogP contribution is 2.16. The minimum atomic E-state index is -0.317. The normalized spacial score (nSPS) is 11.8. The molecule has 1 aromatic heterocycles. The van der Waals surface area contributed by atoms with E-state index >= 15 is 0 Å². The average Bonchev–Trinajstić information content (AvgIpc) is 2.53. The SMILES string of the molecule is COC(=O)C(CNCc1ccncn1)c1ccccc1. The monoisotopic (exact) mass is 271 g/mol. The van der Waals surface area contributed by atoms with Gasteiger partial charge in [0.15, 0.2) is 0 Å². The summed E-state index contributed by atoms with van der Waals surface area (Å²) < 4.78 is 4.86. The first-order valence-corrected chi connectivity index (χ1v) is 6.39. The van der Waals surface area contributed by atoms with E-state index in [0.29, 0.717) is 13.1 Å². The molecule has 1 heterocycles. The van der Waals surface area contributed by atoms with E-state index in [1.165, 1.54) is 13.4 Å². The van der Waals surface area contributed by atoms with Gasteiger partial charge in [0, 0.05) is 19.3 Å². The van der Waals surface area contributed by atoms with Crippen molar-refractivity contribution < 1.29 is 9.53 Å². The Hall–Kier alpha value is -2.27. The Bertz CT molecular complexity index is 531. The Kier molecular flexibility index (Phi) is 5.20. The van der Waals surface area contributed by atoms with Gasteiger partial charge >= 0.3 is 5.97 Å². The van der Waals surface area contributed by atoms with Crippen LogP contribution in [0.3, 0.4) is 0 Å². The molecule has 0 aliphatic heterocycles. The topological polar surface area (TPSA) is 64.1 Å². The predicted molar refractivity (Wildman–Crippen MR) is 74.9 cm³/mol. The lowest BCUT2D eigenvalue weighted by Gasteiger charge is -2.15. The molecule has 0 saturated heterocycles. The van der Waals surface area contributed by atoms with Crippen molar-refractivity contribution in [1.82, 2.24) is 15.3 Å². The van der Waals surface area contributed by atoms with E-state index in [1.54, 1.807) is 6.20 Å². The number of esters is 1. The molecule has 0 radical (unpaired) electrons. The number of benzene rings is 1. The summed E-state index contributed by atoms with van der Waals surface area (Å²) in [6.07, 6.45) is 3.20. The molecule has 1 unspecified atom stereocenters. The molecule has 1 aromatic carbocycles. The van der Waals surface area contributed by atoms with Gasteiger partial charge in [0.05, 0.1) is 18.7 Å². The van der Waals surface area contributed by atoms with Gasteiger partial charge in [0.25, 0.3) is 0 Å². The molecule has 5 heteroatoms. The number of methoxy groups -OCH3 is 1. The van der Waals surface area contributed by atoms with Gasteiger partial charge in [-0.1, -0.05) is 30.3 Å². The fraction of sp³-hybridized carbons (Fsp3) is 0.267. The van der Waals surface area contributed by atoms with Gasteiger partial charge in [-0.05, 0) is 11.6 Å². The maximum Gasteiger partial charge on any atom is 0.314 e. The molecular weight excluding hydrogens is 254 g/mol. The van der Waals surface area contributed by atoms with Gasteiger partial charge in [-0.3, -0.25) is 4.79 Å². The number of aromatic nitrogens is 2. The lowest BCUT2D eigenvalue weighted by molar-refractivity contribution is -0.142. The summed E-state index contributed by atoms with van der Waals surface area (Å²) in [5, 5.41) is 3.22. The first-order chi connectivity index (χ1) is 9.81. The molecule has 0 amide bonds. The molecule has 2 aromatic rings. The molecule has 0 aliphatic rings. The summed E-state index contributed by atoms with van der Waals surface area (Å²) in [7, 11) is 1.41. The van der Waals surface area contributed by atoms with Gasteiger partial charge in [-0.25, -0.2) is 9.97 Å². The Labute approximate surface area is 118 Å². The van der Waals surface area contributed by atoms with Crippen LogP contribution in [-0.4, -0.2) is 29.6 Å². The number of hydrogen-bond acceptors (Lipinski definition) is 5. The zero-order valence-corrected chi connectivity index (χ0v) is 11.3. The van der Waals surface area contributed by atoms with Gasteiger partial charge in [-0.15, -0.1) is 0 Å². The van der Waals surface area contributed by atoms with Crippen LogP contribution in [0.5, 0.6) is 0 Å². The van der Waals surface area contributed by atoms with Crippen molar-refractivity contribution in [2.24, 2.45) is 0 Å². The summed E-state index contributed by atoms with van der Waals surface area (Å²) in [5.41, 5.74) is 1.83. The molecule has 0 bridgehead atoms. The van der Waals surface area contributed by atoms with E-state index in [1.807, 2.05) is 36.4 Å². The number of hydrogen-bond donors (Lipinski definition) is 1. The zero-order valence-electron chi connectivity index (χ0n) is 11.3. The lowest BCUT2D eigenvalue weighted by Crippen LogP contribution is -2.27. The molecule has 5 nitrogen and oxygen atoms in total. The highest BCUT2D eigenvalue weighted by Gasteiger charge is 2.20. The molecule has 20 heavy (non-hydrogen) atoms. The molecular formula is C15H17N3O2. The number of nitrogens with zero attached hydrogens (tertiary/aromatic N) is 2. The van der Waals surface area contributed by atoms with Gasteiger partial charge < -0.3 is 10.1 Å². The van der Waals surface area contributed by atoms with E-state index in [0.717, 1.165) is 11.3 Å². The smallest absolute Gasteiger partial charge is 0.314 e. The fourth-order valence-corrected chi connectivity index (χ4v) is 1.93. The highest BCUT2D eigenvalue weighted by molar-refractivity contribution is 5.78. The number of carbonyl (C=O) groups excluding carboxylic acids is 1. The van der Waals surface area contributed by atoms with Gasteiger partial charge in [0.2, 0.25) is 0 Å².